The minimum atomic E-state index is 0.103. The van der Waals surface area contributed by atoms with Crippen LogP contribution in [0.3, 0.4) is 0 Å². The van der Waals surface area contributed by atoms with Crippen molar-refractivity contribution in [2.75, 3.05) is 27.3 Å². The summed E-state index contributed by atoms with van der Waals surface area (Å²) in [4.78, 5) is 5.73. The molecule has 1 N–H and O–H groups in total. The highest BCUT2D eigenvalue weighted by atomic mass is 16.5. The second-order valence-corrected chi connectivity index (χ2v) is 9.14. The Balaban J connectivity index is 1.46. The highest BCUT2D eigenvalue weighted by Crippen LogP contribution is 2.35. The van der Waals surface area contributed by atoms with E-state index >= 15 is 0 Å². The summed E-state index contributed by atoms with van der Waals surface area (Å²) in [6, 6.07) is 25.4. The number of hydrogen-bond donors (Lipinski definition) is 1. The van der Waals surface area contributed by atoms with E-state index in [2.05, 4.69) is 78.6 Å². The molecule has 0 radical (unpaired) electrons. The molecule has 1 aliphatic heterocycles. The number of ether oxygens (including phenoxy) is 2. The Kier molecular flexibility index (Phi) is 6.35. The van der Waals surface area contributed by atoms with Crippen LogP contribution in [0.15, 0.2) is 66.7 Å². The standard InChI is InChI=1S/C29H29N3O2/c1-32(2)19-20-6-8-21(9-7-20)28-17-26-25(4-3-5-27(26)31-28)22-10-11-29(23(16-22)18-30)34-24-12-14-33-15-13-24/h3-11,16-17,24,31H,12-15,19H2,1-2H3. The summed E-state index contributed by atoms with van der Waals surface area (Å²) in [5.74, 6) is 0.651. The Morgan fingerprint density at radius 1 is 1.00 bits per heavy atom. The minimum Gasteiger partial charge on any atom is -0.489 e. The summed E-state index contributed by atoms with van der Waals surface area (Å²) in [5, 5.41) is 10.9. The average molecular weight is 452 g/mol. The van der Waals surface area contributed by atoms with Crippen LogP contribution < -0.4 is 4.74 Å². The number of nitriles is 1. The van der Waals surface area contributed by atoms with Crippen LogP contribution in [0, 0.1) is 11.3 Å². The lowest BCUT2D eigenvalue weighted by molar-refractivity contribution is 0.0254. The van der Waals surface area contributed by atoms with Gasteiger partial charge in [-0.1, -0.05) is 42.5 Å². The molecule has 0 spiro atoms. The van der Waals surface area contributed by atoms with Crippen LogP contribution in [-0.2, 0) is 11.3 Å². The Hall–Kier alpha value is -3.59. The van der Waals surface area contributed by atoms with Crippen molar-refractivity contribution in [1.29, 1.82) is 5.26 Å². The zero-order valence-corrected chi connectivity index (χ0v) is 19.7. The van der Waals surface area contributed by atoms with Gasteiger partial charge < -0.3 is 19.4 Å². The van der Waals surface area contributed by atoms with Crippen LogP contribution in [0.4, 0.5) is 0 Å². The molecule has 5 rings (SSSR count). The number of nitrogens with zero attached hydrogens (tertiary/aromatic N) is 2. The monoisotopic (exact) mass is 451 g/mol. The third kappa shape index (κ3) is 4.70. The van der Waals surface area contributed by atoms with Crippen LogP contribution in [0.5, 0.6) is 5.75 Å². The normalized spacial score (nSPS) is 14.4. The lowest BCUT2D eigenvalue weighted by Gasteiger charge is -2.24. The van der Waals surface area contributed by atoms with Crippen molar-refractivity contribution in [2.24, 2.45) is 0 Å². The molecule has 3 aromatic carbocycles. The molecule has 1 fully saturated rings. The first kappa shape index (κ1) is 22.2. The van der Waals surface area contributed by atoms with E-state index in [9.17, 15) is 5.26 Å². The molecule has 1 aliphatic rings. The van der Waals surface area contributed by atoms with Gasteiger partial charge in [-0.2, -0.15) is 5.26 Å². The van der Waals surface area contributed by atoms with Crippen LogP contribution in [0.25, 0.3) is 33.3 Å². The van der Waals surface area contributed by atoms with E-state index in [0.29, 0.717) is 24.5 Å². The van der Waals surface area contributed by atoms with Gasteiger partial charge in [0, 0.05) is 36.0 Å². The highest BCUT2D eigenvalue weighted by molar-refractivity contribution is 5.98. The second-order valence-electron chi connectivity index (χ2n) is 9.14. The summed E-state index contributed by atoms with van der Waals surface area (Å²) < 4.78 is 11.6. The summed E-state index contributed by atoms with van der Waals surface area (Å²) in [6.45, 7) is 2.34. The topological polar surface area (TPSA) is 61.3 Å². The smallest absolute Gasteiger partial charge is 0.137 e. The maximum Gasteiger partial charge on any atom is 0.137 e. The summed E-state index contributed by atoms with van der Waals surface area (Å²) in [7, 11) is 4.16. The highest BCUT2D eigenvalue weighted by Gasteiger charge is 2.18. The van der Waals surface area contributed by atoms with E-state index in [1.165, 1.54) is 5.56 Å². The van der Waals surface area contributed by atoms with Crippen molar-refractivity contribution in [3.05, 3.63) is 77.9 Å². The molecule has 0 saturated carbocycles. The van der Waals surface area contributed by atoms with Crippen molar-refractivity contribution in [3.63, 3.8) is 0 Å². The molecule has 172 valence electrons. The van der Waals surface area contributed by atoms with Gasteiger partial charge in [0.2, 0.25) is 0 Å². The van der Waals surface area contributed by atoms with Crippen molar-refractivity contribution in [3.8, 4) is 34.2 Å². The largest absolute Gasteiger partial charge is 0.489 e. The predicted molar refractivity (Wildman–Crippen MR) is 136 cm³/mol. The maximum absolute atomic E-state index is 9.80. The van der Waals surface area contributed by atoms with E-state index in [1.807, 2.05) is 18.2 Å². The Bertz CT molecular complexity index is 1330. The van der Waals surface area contributed by atoms with Crippen LogP contribution in [-0.4, -0.2) is 43.3 Å². The third-order valence-corrected chi connectivity index (χ3v) is 6.30. The van der Waals surface area contributed by atoms with Crippen LogP contribution in [0.1, 0.15) is 24.0 Å². The van der Waals surface area contributed by atoms with E-state index in [4.69, 9.17) is 9.47 Å². The molecule has 1 saturated heterocycles. The zero-order valence-electron chi connectivity index (χ0n) is 19.7. The first-order valence-electron chi connectivity index (χ1n) is 11.8. The van der Waals surface area contributed by atoms with E-state index in [1.54, 1.807) is 0 Å². The first-order chi connectivity index (χ1) is 16.6. The number of rotatable bonds is 6. The molecule has 0 amide bonds. The van der Waals surface area contributed by atoms with Gasteiger partial charge in [0.25, 0.3) is 0 Å². The van der Waals surface area contributed by atoms with Crippen molar-refractivity contribution < 1.29 is 9.47 Å². The number of aromatic nitrogens is 1. The average Bonchev–Trinajstić information content (AvgIpc) is 3.30. The van der Waals surface area contributed by atoms with Gasteiger partial charge in [0.1, 0.15) is 17.9 Å². The lowest BCUT2D eigenvalue weighted by Crippen LogP contribution is -2.26. The second kappa shape index (κ2) is 9.72. The zero-order chi connectivity index (χ0) is 23.5. The molecule has 0 unspecified atom stereocenters. The Labute approximate surface area is 200 Å². The number of H-pyrrole nitrogens is 1. The number of benzene rings is 3. The molecule has 34 heavy (non-hydrogen) atoms. The van der Waals surface area contributed by atoms with Gasteiger partial charge in [-0.25, -0.2) is 0 Å². The molecule has 0 aliphatic carbocycles. The summed E-state index contributed by atoms with van der Waals surface area (Å²) in [5.41, 5.74) is 7.27. The number of nitrogens with one attached hydrogen (secondary N) is 1. The fourth-order valence-corrected chi connectivity index (χ4v) is 4.58. The van der Waals surface area contributed by atoms with Crippen LogP contribution in [0.2, 0.25) is 0 Å². The van der Waals surface area contributed by atoms with Gasteiger partial charge in [-0.05, 0) is 60.6 Å². The maximum atomic E-state index is 9.80. The molecule has 5 heteroatoms. The SMILES string of the molecule is CN(C)Cc1ccc(-c2cc3c(-c4ccc(OC5CCOCC5)c(C#N)c4)cccc3[nH]2)cc1. The summed E-state index contributed by atoms with van der Waals surface area (Å²) >= 11 is 0. The molecule has 4 aromatic rings. The molecular weight excluding hydrogens is 422 g/mol. The molecule has 5 nitrogen and oxygen atoms in total. The fourth-order valence-electron chi connectivity index (χ4n) is 4.58. The van der Waals surface area contributed by atoms with E-state index < -0.39 is 0 Å². The van der Waals surface area contributed by atoms with E-state index in [0.717, 1.165) is 52.7 Å². The fraction of sp³-hybridized carbons (Fsp3) is 0.276. The summed E-state index contributed by atoms with van der Waals surface area (Å²) in [6.07, 6.45) is 1.81. The number of aromatic amines is 1. The van der Waals surface area contributed by atoms with Crippen molar-refractivity contribution in [1.82, 2.24) is 9.88 Å². The minimum absolute atomic E-state index is 0.103. The van der Waals surface area contributed by atoms with E-state index in [-0.39, 0.29) is 6.10 Å². The number of hydrogen-bond acceptors (Lipinski definition) is 4. The predicted octanol–water partition coefficient (Wildman–Crippen LogP) is 5.99. The molecule has 1 aromatic heterocycles. The van der Waals surface area contributed by atoms with Crippen LogP contribution >= 0.6 is 0 Å². The van der Waals surface area contributed by atoms with Gasteiger partial charge >= 0.3 is 0 Å². The number of fused-ring (bicyclic) bond motifs is 1. The van der Waals surface area contributed by atoms with Gasteiger partial charge in [-0.15, -0.1) is 0 Å². The molecule has 0 atom stereocenters. The van der Waals surface area contributed by atoms with Crippen molar-refractivity contribution >= 4 is 10.9 Å². The van der Waals surface area contributed by atoms with Gasteiger partial charge in [0.05, 0.1) is 18.8 Å². The molecule has 2 heterocycles. The van der Waals surface area contributed by atoms with Gasteiger partial charge in [0.15, 0.2) is 0 Å². The van der Waals surface area contributed by atoms with Crippen molar-refractivity contribution in [2.45, 2.75) is 25.5 Å². The third-order valence-electron chi connectivity index (χ3n) is 6.30. The molecular formula is C29H29N3O2. The molecule has 0 bridgehead atoms. The Morgan fingerprint density at radius 2 is 1.76 bits per heavy atom. The lowest BCUT2D eigenvalue weighted by atomic mass is 9.99. The first-order valence-corrected chi connectivity index (χ1v) is 11.8. The van der Waals surface area contributed by atoms with Gasteiger partial charge in [-0.3, -0.25) is 0 Å². The Morgan fingerprint density at radius 3 is 2.50 bits per heavy atom. The quantitative estimate of drug-likeness (QED) is 0.391.